The fourth-order valence-corrected chi connectivity index (χ4v) is 1.60. The Hall–Kier alpha value is -0.370. The Bertz CT molecular complexity index is 184. The molecule has 2 nitrogen and oxygen atoms in total. The molecule has 2 atom stereocenters. The maximum Gasteiger partial charge on any atom is 0.169 e. The van der Waals surface area contributed by atoms with Crippen molar-refractivity contribution in [3.63, 3.8) is 0 Å². The molecular formula is C8H12O2. The summed E-state index contributed by atoms with van der Waals surface area (Å²) < 4.78 is 5.18. The average Bonchev–Trinajstić information content (AvgIpc) is 2.58. The van der Waals surface area contributed by atoms with Gasteiger partial charge in [-0.2, -0.15) is 0 Å². The molecule has 0 radical (unpaired) electrons. The van der Waals surface area contributed by atoms with E-state index in [2.05, 4.69) is 0 Å². The van der Waals surface area contributed by atoms with Gasteiger partial charge in [-0.3, -0.25) is 4.79 Å². The van der Waals surface area contributed by atoms with Gasteiger partial charge in [0.2, 0.25) is 0 Å². The number of carbonyl (C=O) groups excluding carboxylic acids is 1. The first-order chi connectivity index (χ1) is 4.61. The van der Waals surface area contributed by atoms with Crippen LogP contribution in [0.3, 0.4) is 0 Å². The van der Waals surface area contributed by atoms with E-state index in [0.29, 0.717) is 11.9 Å². The van der Waals surface area contributed by atoms with Crippen molar-refractivity contribution in [2.45, 2.75) is 38.9 Å². The zero-order valence-corrected chi connectivity index (χ0v) is 6.39. The number of epoxide rings is 1. The minimum Gasteiger partial charge on any atom is -0.361 e. The van der Waals surface area contributed by atoms with Gasteiger partial charge in [-0.05, 0) is 12.8 Å². The van der Waals surface area contributed by atoms with E-state index in [4.69, 9.17) is 4.74 Å². The van der Waals surface area contributed by atoms with Crippen molar-refractivity contribution in [2.24, 2.45) is 5.41 Å². The molecule has 0 bridgehead atoms. The highest BCUT2D eigenvalue weighted by molar-refractivity contribution is 5.91. The van der Waals surface area contributed by atoms with E-state index in [1.54, 1.807) is 0 Å². The monoisotopic (exact) mass is 140 g/mol. The van der Waals surface area contributed by atoms with Crippen LogP contribution in [0.2, 0.25) is 0 Å². The molecule has 1 aliphatic carbocycles. The van der Waals surface area contributed by atoms with Crippen LogP contribution >= 0.6 is 0 Å². The molecule has 2 unspecified atom stereocenters. The van der Waals surface area contributed by atoms with Crippen molar-refractivity contribution < 1.29 is 9.53 Å². The Morgan fingerprint density at radius 2 is 2.30 bits per heavy atom. The van der Waals surface area contributed by atoms with Crippen molar-refractivity contribution in [1.29, 1.82) is 0 Å². The van der Waals surface area contributed by atoms with E-state index in [9.17, 15) is 4.79 Å². The summed E-state index contributed by atoms with van der Waals surface area (Å²) >= 11 is 0. The molecule has 1 heterocycles. The highest BCUT2D eigenvalue weighted by Crippen LogP contribution is 2.42. The largest absolute Gasteiger partial charge is 0.361 e. The number of carbonyl (C=O) groups is 1. The van der Waals surface area contributed by atoms with Gasteiger partial charge >= 0.3 is 0 Å². The summed E-state index contributed by atoms with van der Waals surface area (Å²) in [6.45, 7) is 4.01. The Labute approximate surface area is 60.6 Å². The van der Waals surface area contributed by atoms with Crippen LogP contribution in [0.1, 0.15) is 26.7 Å². The molecule has 1 saturated heterocycles. The number of Topliss-reactive ketones (excluding diaryl/α,β-unsaturated/α-hetero) is 1. The average molecular weight is 140 g/mol. The van der Waals surface area contributed by atoms with Crippen LogP contribution in [0.25, 0.3) is 0 Å². The Balaban J connectivity index is 2.19. The minimum absolute atomic E-state index is 0.0243. The molecule has 0 aromatic carbocycles. The molecule has 1 aliphatic heterocycles. The van der Waals surface area contributed by atoms with Gasteiger partial charge in [0.25, 0.3) is 0 Å². The molecule has 0 aromatic rings. The number of ether oxygens (including phenoxy) is 1. The Morgan fingerprint density at radius 3 is 2.90 bits per heavy atom. The zero-order valence-electron chi connectivity index (χ0n) is 6.39. The lowest BCUT2D eigenvalue weighted by atomic mass is 9.76. The number of ketones is 1. The summed E-state index contributed by atoms with van der Waals surface area (Å²) in [6, 6.07) is 0. The summed E-state index contributed by atoms with van der Waals surface area (Å²) in [5.74, 6) is 0.309. The standard InChI is InChI=1S/C8H12O2/c1-8(2)4-3-5-6(10-5)7(8)9/h5-6H,3-4H2,1-2H3. The first-order valence-electron chi connectivity index (χ1n) is 3.81. The highest BCUT2D eigenvalue weighted by Gasteiger charge is 2.53. The summed E-state index contributed by atoms with van der Waals surface area (Å²) in [4.78, 5) is 11.4. The number of fused-ring (bicyclic) bond motifs is 1. The summed E-state index contributed by atoms with van der Waals surface area (Å²) in [7, 11) is 0. The fraction of sp³-hybridized carbons (Fsp3) is 0.875. The van der Waals surface area contributed by atoms with Gasteiger partial charge in [0.1, 0.15) is 6.10 Å². The van der Waals surface area contributed by atoms with Crippen molar-refractivity contribution in [3.05, 3.63) is 0 Å². The second-order valence-corrected chi connectivity index (χ2v) is 3.88. The molecule has 0 spiro atoms. The van der Waals surface area contributed by atoms with Gasteiger partial charge in [0.15, 0.2) is 5.78 Å². The van der Waals surface area contributed by atoms with Crippen molar-refractivity contribution in [2.75, 3.05) is 0 Å². The second kappa shape index (κ2) is 1.62. The SMILES string of the molecule is CC1(C)CCC2OC2C1=O. The normalized spacial score (nSPS) is 42.8. The van der Waals surface area contributed by atoms with E-state index in [0.717, 1.165) is 12.8 Å². The molecule has 2 fully saturated rings. The summed E-state index contributed by atoms with van der Waals surface area (Å²) in [6.07, 6.45) is 2.33. The maximum absolute atomic E-state index is 11.4. The van der Waals surface area contributed by atoms with Gasteiger partial charge < -0.3 is 4.74 Å². The predicted molar refractivity (Wildman–Crippen MR) is 36.7 cm³/mol. The van der Waals surface area contributed by atoms with Gasteiger partial charge in [-0.15, -0.1) is 0 Å². The third-order valence-electron chi connectivity index (χ3n) is 2.56. The topological polar surface area (TPSA) is 29.6 Å². The Morgan fingerprint density at radius 1 is 1.60 bits per heavy atom. The molecule has 0 aromatic heterocycles. The van der Waals surface area contributed by atoms with Crippen LogP contribution < -0.4 is 0 Å². The van der Waals surface area contributed by atoms with E-state index in [1.807, 2.05) is 13.8 Å². The van der Waals surface area contributed by atoms with E-state index < -0.39 is 0 Å². The van der Waals surface area contributed by atoms with Gasteiger partial charge in [0.05, 0.1) is 6.10 Å². The third kappa shape index (κ3) is 0.717. The lowest BCUT2D eigenvalue weighted by Gasteiger charge is -2.24. The van der Waals surface area contributed by atoms with Gasteiger partial charge in [-0.1, -0.05) is 13.8 Å². The molecule has 10 heavy (non-hydrogen) atoms. The Kier molecular flexibility index (Phi) is 1.03. The fourth-order valence-electron chi connectivity index (χ4n) is 1.60. The minimum atomic E-state index is -0.113. The second-order valence-electron chi connectivity index (χ2n) is 3.88. The van der Waals surface area contributed by atoms with Crippen molar-refractivity contribution >= 4 is 5.78 Å². The number of hydrogen-bond acceptors (Lipinski definition) is 2. The maximum atomic E-state index is 11.4. The van der Waals surface area contributed by atoms with Crippen LogP contribution in [0.5, 0.6) is 0 Å². The van der Waals surface area contributed by atoms with E-state index >= 15 is 0 Å². The van der Waals surface area contributed by atoms with Crippen LogP contribution in [0.15, 0.2) is 0 Å². The smallest absolute Gasteiger partial charge is 0.169 e. The molecule has 2 rings (SSSR count). The molecule has 2 aliphatic rings. The molecule has 2 heteroatoms. The summed E-state index contributed by atoms with van der Waals surface area (Å²) in [5.41, 5.74) is -0.113. The lowest BCUT2D eigenvalue weighted by molar-refractivity contribution is -0.129. The first kappa shape index (κ1) is 6.35. The van der Waals surface area contributed by atoms with Crippen molar-refractivity contribution in [1.82, 2.24) is 0 Å². The van der Waals surface area contributed by atoms with E-state index in [1.165, 1.54) is 0 Å². The lowest BCUT2D eigenvalue weighted by Crippen LogP contribution is -2.33. The van der Waals surface area contributed by atoms with E-state index in [-0.39, 0.29) is 11.5 Å². The zero-order chi connectivity index (χ0) is 7.35. The van der Waals surface area contributed by atoms with Crippen molar-refractivity contribution in [3.8, 4) is 0 Å². The van der Waals surface area contributed by atoms with Gasteiger partial charge in [0, 0.05) is 5.41 Å². The van der Waals surface area contributed by atoms with Gasteiger partial charge in [-0.25, -0.2) is 0 Å². The molecule has 0 amide bonds. The highest BCUT2D eigenvalue weighted by atomic mass is 16.6. The van der Waals surface area contributed by atoms with Crippen LogP contribution in [0.4, 0.5) is 0 Å². The number of rotatable bonds is 0. The third-order valence-corrected chi connectivity index (χ3v) is 2.56. The quantitative estimate of drug-likeness (QED) is 0.472. The molecule has 0 N–H and O–H groups in total. The van der Waals surface area contributed by atoms with Crippen LogP contribution in [0, 0.1) is 5.41 Å². The summed E-state index contributed by atoms with van der Waals surface area (Å²) in [5, 5.41) is 0. The number of hydrogen-bond donors (Lipinski definition) is 0. The predicted octanol–water partition coefficient (Wildman–Crippen LogP) is 1.14. The first-order valence-corrected chi connectivity index (χ1v) is 3.81. The van der Waals surface area contributed by atoms with Crippen LogP contribution in [-0.4, -0.2) is 18.0 Å². The molecular weight excluding hydrogens is 128 g/mol. The molecule has 1 saturated carbocycles. The molecule has 56 valence electrons. The van der Waals surface area contributed by atoms with Crippen LogP contribution in [-0.2, 0) is 9.53 Å².